The van der Waals surface area contributed by atoms with Crippen molar-refractivity contribution in [3.63, 3.8) is 0 Å². The van der Waals surface area contributed by atoms with E-state index in [1.54, 1.807) is 48.5 Å². The number of unbranched alkanes of at least 4 members (excludes halogenated alkanes) is 2. The van der Waals surface area contributed by atoms with Gasteiger partial charge in [0.15, 0.2) is 0 Å². The van der Waals surface area contributed by atoms with Gasteiger partial charge in [0.1, 0.15) is 0 Å². The Balaban J connectivity index is 1.19. The number of rotatable bonds is 16. The van der Waals surface area contributed by atoms with Crippen LogP contribution in [0.15, 0.2) is 67.7 Å². The molecule has 44 heavy (non-hydrogen) atoms. The van der Waals surface area contributed by atoms with Crippen molar-refractivity contribution in [2.75, 3.05) is 31.6 Å². The van der Waals surface area contributed by atoms with Crippen molar-refractivity contribution < 1.29 is 16.8 Å². The highest BCUT2D eigenvalue weighted by Gasteiger charge is 2.17. The van der Waals surface area contributed by atoms with Crippen molar-refractivity contribution in [3.05, 3.63) is 90.2 Å². The van der Waals surface area contributed by atoms with Gasteiger partial charge in [-0.3, -0.25) is 18.7 Å². The van der Waals surface area contributed by atoms with Crippen LogP contribution < -0.4 is 27.2 Å². The van der Waals surface area contributed by atoms with Gasteiger partial charge in [-0.2, -0.15) is 0 Å². The molecule has 0 radical (unpaired) electrons. The average molecular weight is 649 g/mol. The topological polar surface area (TPSA) is 193 Å². The third-order valence-electron chi connectivity index (χ3n) is 7.24. The number of nitrogens with one attached hydrogen (secondary N) is 3. The summed E-state index contributed by atoms with van der Waals surface area (Å²) in [7, 11) is -7.18. The molecule has 0 atom stereocenters. The molecular formula is C28H36N6O8S2. The molecular weight excluding hydrogens is 612 g/mol. The first-order valence-electron chi connectivity index (χ1n) is 14.2. The van der Waals surface area contributed by atoms with Gasteiger partial charge >= 0.3 is 11.4 Å². The van der Waals surface area contributed by atoms with Crippen LogP contribution >= 0.6 is 0 Å². The lowest BCUT2D eigenvalue weighted by Gasteiger charge is -2.20. The van der Waals surface area contributed by atoms with Gasteiger partial charge in [-0.25, -0.2) is 35.5 Å². The second kappa shape index (κ2) is 14.3. The Hall–Kier alpha value is -3.86. The Morgan fingerprint density at radius 3 is 1.73 bits per heavy atom. The van der Waals surface area contributed by atoms with Gasteiger partial charge in [-0.1, -0.05) is 24.3 Å². The summed E-state index contributed by atoms with van der Waals surface area (Å²) >= 11 is 0. The molecule has 4 rings (SSSR count). The zero-order valence-electron chi connectivity index (χ0n) is 24.3. The number of sulfonamides is 2. The van der Waals surface area contributed by atoms with Crippen molar-refractivity contribution in [2.24, 2.45) is 0 Å². The summed E-state index contributed by atoms with van der Waals surface area (Å²) in [6.45, 7) is 0.477. The van der Waals surface area contributed by atoms with E-state index in [1.165, 1.54) is 4.31 Å². The molecule has 14 nitrogen and oxygen atoms in total. The zero-order chi connectivity index (χ0) is 31.9. The molecule has 2 heterocycles. The Labute approximate surface area is 253 Å². The van der Waals surface area contributed by atoms with Crippen molar-refractivity contribution in [2.45, 2.75) is 45.2 Å². The van der Waals surface area contributed by atoms with Gasteiger partial charge in [0.2, 0.25) is 20.0 Å². The normalized spacial score (nSPS) is 12.4. The first kappa shape index (κ1) is 33.0. The van der Waals surface area contributed by atoms with Crippen LogP contribution in [0.5, 0.6) is 0 Å². The third-order valence-corrected chi connectivity index (χ3v) is 10.0. The highest BCUT2D eigenvalue weighted by molar-refractivity contribution is 7.89. The highest BCUT2D eigenvalue weighted by Crippen LogP contribution is 2.07. The lowest BCUT2D eigenvalue weighted by Crippen LogP contribution is -2.37. The maximum Gasteiger partial charge on any atom is 0.328 e. The van der Waals surface area contributed by atoms with Gasteiger partial charge < -0.3 is 9.97 Å². The minimum atomic E-state index is -3.61. The molecule has 0 saturated heterocycles. The number of hydrogen-bond acceptors (Lipinski definition) is 8. The molecule has 3 N–H and O–H groups in total. The maximum absolute atomic E-state index is 12.7. The summed E-state index contributed by atoms with van der Waals surface area (Å²) < 4.78 is 55.3. The van der Waals surface area contributed by atoms with E-state index < -0.39 is 42.5 Å². The van der Waals surface area contributed by atoms with E-state index in [9.17, 15) is 36.0 Å². The fraction of sp³-hybridized carbons (Fsp3) is 0.429. The van der Waals surface area contributed by atoms with E-state index in [0.29, 0.717) is 41.1 Å². The molecule has 0 fully saturated rings. The van der Waals surface area contributed by atoms with Crippen LogP contribution in [0.2, 0.25) is 0 Å². The molecule has 2 aromatic carbocycles. The number of H-pyrrole nitrogens is 2. The van der Waals surface area contributed by atoms with Crippen molar-refractivity contribution in [1.82, 2.24) is 28.1 Å². The molecule has 4 aromatic rings. The van der Waals surface area contributed by atoms with Crippen LogP contribution in [0.3, 0.4) is 0 Å². The molecule has 0 saturated carbocycles. The number of aromatic nitrogens is 4. The Kier molecular flexibility index (Phi) is 10.7. The van der Waals surface area contributed by atoms with Crippen molar-refractivity contribution >= 4 is 41.9 Å². The Morgan fingerprint density at radius 2 is 1.18 bits per heavy atom. The highest BCUT2D eigenvalue weighted by atomic mass is 32.2. The molecule has 238 valence electrons. The maximum atomic E-state index is 12.7. The summed E-state index contributed by atoms with van der Waals surface area (Å²) in [6, 6.07) is 13.3. The molecule has 2 aromatic heterocycles. The van der Waals surface area contributed by atoms with Crippen molar-refractivity contribution in [1.29, 1.82) is 0 Å². The monoisotopic (exact) mass is 648 g/mol. The number of nitrogens with zero attached hydrogens (tertiary/aromatic N) is 3. The van der Waals surface area contributed by atoms with Crippen LogP contribution in [0.25, 0.3) is 21.8 Å². The Morgan fingerprint density at radius 1 is 0.682 bits per heavy atom. The third kappa shape index (κ3) is 8.40. The van der Waals surface area contributed by atoms with E-state index in [4.69, 9.17) is 0 Å². The Bertz CT molecular complexity index is 2080. The molecule has 16 heteroatoms. The minimum Gasteiger partial charge on any atom is -0.307 e. The van der Waals surface area contributed by atoms with E-state index >= 15 is 0 Å². The van der Waals surface area contributed by atoms with Gasteiger partial charge in [0.25, 0.3) is 11.1 Å². The second-order valence-corrected chi connectivity index (χ2v) is 14.4. The summed E-state index contributed by atoms with van der Waals surface area (Å²) in [6.07, 6.45) is 2.63. The standard InChI is InChI=1S/C28H36N6O8S2/c1-43(39,40)32(17-10-19-34-26(36)22-12-3-5-14-24(22)31-28(34)38)16-7-6-15-29-44(41,42)20-9-8-18-33-25(35)21-11-2-4-13-23(21)30-27(33)37/h2-5,11-14,29H,6-10,15-20H2,1H3,(H,30,37)(H,31,38). The molecule has 0 aliphatic rings. The van der Waals surface area contributed by atoms with Crippen LogP contribution in [-0.4, -0.2) is 71.9 Å². The van der Waals surface area contributed by atoms with Gasteiger partial charge in [0.05, 0.1) is 33.8 Å². The SMILES string of the molecule is CS(=O)(=O)N(CCCCNS(=O)(=O)CCCCn1c(=O)[nH]c2ccccc2c1=O)CCCn1c(=O)[nH]c2ccccc2c1=O. The van der Waals surface area contributed by atoms with Crippen LogP contribution in [-0.2, 0) is 33.1 Å². The predicted molar refractivity (Wildman–Crippen MR) is 169 cm³/mol. The van der Waals surface area contributed by atoms with Crippen LogP contribution in [0, 0.1) is 0 Å². The molecule has 0 spiro atoms. The number of hydrogen-bond donors (Lipinski definition) is 3. The quantitative estimate of drug-likeness (QED) is 0.146. The van der Waals surface area contributed by atoms with E-state index in [0.717, 1.165) is 15.4 Å². The predicted octanol–water partition coefficient (Wildman–Crippen LogP) is 0.525. The molecule has 0 aliphatic carbocycles. The summed E-state index contributed by atoms with van der Waals surface area (Å²) in [5.74, 6) is -0.185. The fourth-order valence-corrected chi connectivity index (χ4v) is 7.03. The number of para-hydroxylation sites is 2. The number of benzene rings is 2. The van der Waals surface area contributed by atoms with Gasteiger partial charge in [0, 0.05) is 32.7 Å². The largest absolute Gasteiger partial charge is 0.328 e. The van der Waals surface area contributed by atoms with E-state index in [2.05, 4.69) is 14.7 Å². The molecule has 0 aliphatic heterocycles. The van der Waals surface area contributed by atoms with Gasteiger partial charge in [-0.15, -0.1) is 0 Å². The lowest BCUT2D eigenvalue weighted by molar-refractivity contribution is 0.384. The second-order valence-electron chi connectivity index (χ2n) is 10.5. The van der Waals surface area contributed by atoms with E-state index in [-0.39, 0.29) is 51.3 Å². The first-order chi connectivity index (χ1) is 20.9. The van der Waals surface area contributed by atoms with Crippen molar-refractivity contribution in [3.8, 4) is 0 Å². The fourth-order valence-electron chi connectivity index (χ4n) is 4.93. The summed E-state index contributed by atoms with van der Waals surface area (Å²) in [5.41, 5.74) is -1.11. The number of fused-ring (bicyclic) bond motifs is 2. The minimum absolute atomic E-state index is 0.0364. The average Bonchev–Trinajstić information content (AvgIpc) is 2.96. The zero-order valence-corrected chi connectivity index (χ0v) is 26.0. The van der Waals surface area contributed by atoms with Gasteiger partial charge in [-0.05, 0) is 56.4 Å². The summed E-state index contributed by atoms with van der Waals surface area (Å²) in [4.78, 5) is 55.2. The summed E-state index contributed by atoms with van der Waals surface area (Å²) in [5, 5.41) is 0.747. The van der Waals surface area contributed by atoms with E-state index in [1.807, 2.05) is 0 Å². The molecule has 0 unspecified atom stereocenters. The smallest absolute Gasteiger partial charge is 0.307 e. The molecule has 0 amide bonds. The van der Waals surface area contributed by atoms with Crippen LogP contribution in [0.4, 0.5) is 0 Å². The number of aromatic amines is 2. The first-order valence-corrected chi connectivity index (χ1v) is 17.7. The molecule has 0 bridgehead atoms. The lowest BCUT2D eigenvalue weighted by atomic mass is 10.2. The van der Waals surface area contributed by atoms with Crippen LogP contribution in [0.1, 0.15) is 32.1 Å².